The lowest BCUT2D eigenvalue weighted by Gasteiger charge is -2.24. The van der Waals surface area contributed by atoms with Gasteiger partial charge >= 0.3 is 5.97 Å². The van der Waals surface area contributed by atoms with Crippen molar-refractivity contribution in [3.8, 4) is 0 Å². The molecule has 0 amide bonds. The Bertz CT molecular complexity index is 635. The molecule has 3 atom stereocenters. The number of ether oxygens (including phenoxy) is 1. The highest BCUT2D eigenvalue weighted by atomic mass is 16.5. The molecule has 3 rings (SSSR count). The Morgan fingerprint density at radius 3 is 2.32 bits per heavy atom. The van der Waals surface area contributed by atoms with Crippen LogP contribution in [-0.4, -0.2) is 12.6 Å². The molecule has 0 aromatic heterocycles. The first-order valence-electron chi connectivity index (χ1n) is 7.97. The fourth-order valence-electron chi connectivity index (χ4n) is 3.56. The maximum Gasteiger partial charge on any atom is 0.313 e. The van der Waals surface area contributed by atoms with E-state index in [-0.39, 0.29) is 17.8 Å². The fourth-order valence-corrected chi connectivity index (χ4v) is 3.56. The molecule has 0 aliphatic heterocycles. The van der Waals surface area contributed by atoms with E-state index >= 15 is 0 Å². The van der Waals surface area contributed by atoms with Crippen LogP contribution in [0.1, 0.15) is 43.2 Å². The maximum atomic E-state index is 12.7. The van der Waals surface area contributed by atoms with Crippen molar-refractivity contribution in [3.05, 3.63) is 71.8 Å². The first-order chi connectivity index (χ1) is 10.7. The Morgan fingerprint density at radius 2 is 1.73 bits per heavy atom. The molecule has 1 saturated carbocycles. The molecule has 1 fully saturated rings. The molecule has 2 unspecified atom stereocenters. The fraction of sp³-hybridized carbons (Fsp3) is 0.350. The molecule has 1 aliphatic carbocycles. The van der Waals surface area contributed by atoms with Crippen molar-refractivity contribution >= 4 is 5.97 Å². The minimum Gasteiger partial charge on any atom is -0.466 e. The predicted octanol–water partition coefficient (Wildman–Crippen LogP) is 4.53. The molecule has 2 heteroatoms. The summed E-state index contributed by atoms with van der Waals surface area (Å²) in [6.45, 7) is 4.46. The minimum atomic E-state index is -0.418. The lowest BCUT2D eigenvalue weighted by atomic mass is 9.81. The lowest BCUT2D eigenvalue weighted by molar-refractivity contribution is -0.150. The highest BCUT2D eigenvalue weighted by molar-refractivity contribution is 5.84. The Morgan fingerprint density at radius 1 is 1.14 bits per heavy atom. The second kappa shape index (κ2) is 5.96. The van der Waals surface area contributed by atoms with Crippen LogP contribution in [0.25, 0.3) is 0 Å². The number of rotatable bonds is 5. The van der Waals surface area contributed by atoms with Crippen molar-refractivity contribution in [2.75, 3.05) is 6.61 Å². The third kappa shape index (κ3) is 2.43. The van der Waals surface area contributed by atoms with E-state index in [4.69, 9.17) is 4.74 Å². The zero-order valence-electron chi connectivity index (χ0n) is 13.2. The molecular formula is C20H22O2. The summed E-state index contributed by atoms with van der Waals surface area (Å²) in [7, 11) is 0. The summed E-state index contributed by atoms with van der Waals surface area (Å²) in [5, 5.41) is 0. The second-order valence-corrected chi connectivity index (χ2v) is 6.06. The van der Waals surface area contributed by atoms with Crippen LogP contribution >= 0.6 is 0 Å². The van der Waals surface area contributed by atoms with E-state index < -0.39 is 5.41 Å². The summed E-state index contributed by atoms with van der Waals surface area (Å²) < 4.78 is 5.42. The van der Waals surface area contributed by atoms with Gasteiger partial charge in [-0.15, -0.1) is 0 Å². The summed E-state index contributed by atoms with van der Waals surface area (Å²) in [5.74, 6) is 0.348. The average Bonchev–Trinajstić information content (AvgIpc) is 3.33. The van der Waals surface area contributed by atoms with Crippen molar-refractivity contribution < 1.29 is 9.53 Å². The van der Waals surface area contributed by atoms with Gasteiger partial charge in [0.05, 0.1) is 12.0 Å². The molecule has 2 nitrogen and oxygen atoms in total. The van der Waals surface area contributed by atoms with Gasteiger partial charge in [-0.05, 0) is 30.4 Å². The van der Waals surface area contributed by atoms with Gasteiger partial charge in [0.25, 0.3) is 0 Å². The molecule has 114 valence electrons. The van der Waals surface area contributed by atoms with E-state index in [0.29, 0.717) is 6.61 Å². The van der Waals surface area contributed by atoms with Crippen molar-refractivity contribution in [2.24, 2.45) is 5.41 Å². The number of hydrogen-bond acceptors (Lipinski definition) is 2. The molecule has 0 bridgehead atoms. The summed E-state index contributed by atoms with van der Waals surface area (Å²) in [5.41, 5.74) is 2.02. The third-order valence-corrected chi connectivity index (χ3v) is 4.93. The van der Waals surface area contributed by atoms with Gasteiger partial charge in [0.15, 0.2) is 0 Å². The summed E-state index contributed by atoms with van der Waals surface area (Å²) in [6, 6.07) is 20.6. The first-order valence-corrected chi connectivity index (χ1v) is 7.97. The smallest absolute Gasteiger partial charge is 0.313 e. The Kier molecular flexibility index (Phi) is 4.02. The number of hydrogen-bond donors (Lipinski definition) is 0. The van der Waals surface area contributed by atoms with Crippen LogP contribution in [0.15, 0.2) is 60.7 Å². The van der Waals surface area contributed by atoms with Crippen LogP contribution in [0.2, 0.25) is 0 Å². The van der Waals surface area contributed by atoms with E-state index in [0.717, 1.165) is 6.42 Å². The quantitative estimate of drug-likeness (QED) is 0.757. The standard InChI is InChI=1S/C20H22O2/c1-3-22-19(21)20(15(2)16-10-6-4-7-11-16)14-18(20)17-12-8-5-9-13-17/h4-13,15,18H,3,14H2,1-2H3/t15?,18?,20-/m0/s1. The Balaban J connectivity index is 1.94. The van der Waals surface area contributed by atoms with Crippen molar-refractivity contribution in [3.63, 3.8) is 0 Å². The molecule has 1 aliphatic rings. The third-order valence-electron chi connectivity index (χ3n) is 4.93. The van der Waals surface area contributed by atoms with Crippen LogP contribution in [0.5, 0.6) is 0 Å². The van der Waals surface area contributed by atoms with Crippen molar-refractivity contribution in [1.82, 2.24) is 0 Å². The lowest BCUT2D eigenvalue weighted by Crippen LogP contribution is -2.26. The van der Waals surface area contributed by atoms with Crippen LogP contribution in [0, 0.1) is 5.41 Å². The monoisotopic (exact) mass is 294 g/mol. The van der Waals surface area contributed by atoms with Gasteiger partial charge < -0.3 is 4.74 Å². The number of carbonyl (C=O) groups is 1. The number of carbonyl (C=O) groups excluding carboxylic acids is 1. The van der Waals surface area contributed by atoms with Gasteiger partial charge in [0.2, 0.25) is 0 Å². The largest absolute Gasteiger partial charge is 0.466 e. The molecule has 0 saturated heterocycles. The van der Waals surface area contributed by atoms with Crippen LogP contribution in [0.3, 0.4) is 0 Å². The van der Waals surface area contributed by atoms with E-state index in [1.807, 2.05) is 43.3 Å². The highest BCUT2D eigenvalue weighted by Gasteiger charge is 2.64. The van der Waals surface area contributed by atoms with E-state index in [1.54, 1.807) is 0 Å². The molecule has 0 N–H and O–H groups in total. The van der Waals surface area contributed by atoms with E-state index in [2.05, 4.69) is 31.2 Å². The van der Waals surface area contributed by atoms with Gasteiger partial charge in [-0.3, -0.25) is 4.79 Å². The minimum absolute atomic E-state index is 0.0554. The van der Waals surface area contributed by atoms with Crippen LogP contribution in [0.4, 0.5) is 0 Å². The van der Waals surface area contributed by atoms with Gasteiger partial charge in [-0.25, -0.2) is 0 Å². The molecule has 2 aromatic rings. The van der Waals surface area contributed by atoms with E-state index in [9.17, 15) is 4.79 Å². The van der Waals surface area contributed by atoms with Crippen molar-refractivity contribution in [1.29, 1.82) is 0 Å². The molecule has 22 heavy (non-hydrogen) atoms. The molecule has 0 heterocycles. The Labute approximate surface area is 132 Å². The number of esters is 1. The summed E-state index contributed by atoms with van der Waals surface area (Å²) in [4.78, 5) is 12.7. The number of benzene rings is 2. The maximum absolute atomic E-state index is 12.7. The molecule has 0 spiro atoms. The van der Waals surface area contributed by atoms with Gasteiger partial charge in [0, 0.05) is 5.92 Å². The normalized spacial score (nSPS) is 24.5. The molecule has 0 radical (unpaired) electrons. The van der Waals surface area contributed by atoms with Gasteiger partial charge in [-0.2, -0.15) is 0 Å². The zero-order valence-corrected chi connectivity index (χ0v) is 13.2. The topological polar surface area (TPSA) is 26.3 Å². The van der Waals surface area contributed by atoms with E-state index in [1.165, 1.54) is 11.1 Å². The van der Waals surface area contributed by atoms with Gasteiger partial charge in [-0.1, -0.05) is 67.6 Å². The first kappa shape index (κ1) is 14.8. The van der Waals surface area contributed by atoms with Crippen LogP contribution < -0.4 is 0 Å². The summed E-state index contributed by atoms with van der Waals surface area (Å²) in [6.07, 6.45) is 0.867. The van der Waals surface area contributed by atoms with Gasteiger partial charge in [0.1, 0.15) is 0 Å². The molecule has 2 aromatic carbocycles. The van der Waals surface area contributed by atoms with Crippen LogP contribution in [-0.2, 0) is 9.53 Å². The summed E-state index contributed by atoms with van der Waals surface area (Å²) >= 11 is 0. The zero-order chi connectivity index (χ0) is 15.6. The van der Waals surface area contributed by atoms with Crippen molar-refractivity contribution in [2.45, 2.75) is 32.1 Å². The highest BCUT2D eigenvalue weighted by Crippen LogP contribution is 2.66. The average molecular weight is 294 g/mol. The molecular weight excluding hydrogens is 272 g/mol. The second-order valence-electron chi connectivity index (χ2n) is 6.06. The predicted molar refractivity (Wildman–Crippen MR) is 87.7 cm³/mol. The Hall–Kier alpha value is -2.09. The SMILES string of the molecule is CCOC(=O)[C@]1(C(C)c2ccccc2)CC1c1ccccc1.